The molecule has 0 aliphatic carbocycles. The van der Waals surface area contributed by atoms with Crippen molar-refractivity contribution in [2.45, 2.75) is 39.2 Å². The Morgan fingerprint density at radius 2 is 2.00 bits per heavy atom. The molecule has 2 aliphatic rings. The number of carbonyl (C=O) groups is 1. The number of rotatable bonds is 2. The minimum Gasteiger partial charge on any atom is -0.315 e. The van der Waals surface area contributed by atoms with Gasteiger partial charge in [0.15, 0.2) is 0 Å². The summed E-state index contributed by atoms with van der Waals surface area (Å²) in [6.45, 7) is 7.70. The first-order valence-electron chi connectivity index (χ1n) is 7.61. The maximum atomic E-state index is 13.1. The van der Waals surface area contributed by atoms with Crippen LogP contribution in [0.25, 0.3) is 0 Å². The molecule has 1 fully saturated rings. The van der Waals surface area contributed by atoms with E-state index in [0.29, 0.717) is 6.54 Å². The molecule has 0 saturated carbocycles. The number of hydrazone groups is 1. The van der Waals surface area contributed by atoms with E-state index in [0.717, 1.165) is 25.1 Å². The third-order valence-corrected chi connectivity index (χ3v) is 4.32. The Morgan fingerprint density at radius 3 is 2.67 bits per heavy atom. The molecule has 1 aromatic carbocycles. The first kappa shape index (κ1) is 14.3. The van der Waals surface area contributed by atoms with Gasteiger partial charge in [0.25, 0.3) is 5.91 Å². The van der Waals surface area contributed by atoms with Gasteiger partial charge in [-0.2, -0.15) is 5.10 Å². The van der Waals surface area contributed by atoms with Crippen molar-refractivity contribution in [3.63, 3.8) is 0 Å². The highest BCUT2D eigenvalue weighted by Gasteiger charge is 2.53. The molecule has 4 heteroatoms. The van der Waals surface area contributed by atoms with Gasteiger partial charge in [0.05, 0.1) is 11.3 Å². The maximum absolute atomic E-state index is 13.1. The van der Waals surface area contributed by atoms with Crippen LogP contribution in [0.5, 0.6) is 0 Å². The first-order valence-corrected chi connectivity index (χ1v) is 7.61. The van der Waals surface area contributed by atoms with Gasteiger partial charge in [-0.05, 0) is 32.8 Å². The topological polar surface area (TPSA) is 44.7 Å². The molecule has 0 spiro atoms. The van der Waals surface area contributed by atoms with E-state index in [1.165, 1.54) is 5.56 Å². The maximum Gasteiger partial charge on any atom is 0.256 e. The van der Waals surface area contributed by atoms with Gasteiger partial charge in [-0.15, -0.1) is 0 Å². The Bertz CT molecular complexity index is 573. The van der Waals surface area contributed by atoms with E-state index < -0.39 is 5.41 Å². The number of benzene rings is 1. The number of hydrogen-bond acceptors (Lipinski definition) is 3. The van der Waals surface area contributed by atoms with Crippen LogP contribution in [0, 0.1) is 5.41 Å². The summed E-state index contributed by atoms with van der Waals surface area (Å²) in [6.07, 6.45) is 1.58. The highest BCUT2D eigenvalue weighted by molar-refractivity contribution is 6.13. The molecule has 1 aromatic rings. The SMILES string of the molecule is CC(C)(C)N1N=C2CCNCC2(Cc2ccccc2)C1=O. The second-order valence-electron chi connectivity index (χ2n) is 7.01. The van der Waals surface area contributed by atoms with Gasteiger partial charge < -0.3 is 5.32 Å². The highest BCUT2D eigenvalue weighted by Crippen LogP contribution is 2.38. The molecule has 21 heavy (non-hydrogen) atoms. The van der Waals surface area contributed by atoms with Crippen molar-refractivity contribution in [1.29, 1.82) is 0 Å². The molecule has 1 atom stereocenters. The van der Waals surface area contributed by atoms with Crippen molar-refractivity contribution in [3.05, 3.63) is 35.9 Å². The van der Waals surface area contributed by atoms with Crippen molar-refractivity contribution < 1.29 is 4.79 Å². The zero-order valence-electron chi connectivity index (χ0n) is 13.0. The van der Waals surface area contributed by atoms with Crippen LogP contribution >= 0.6 is 0 Å². The number of nitrogens with zero attached hydrogens (tertiary/aromatic N) is 2. The van der Waals surface area contributed by atoms with Crippen molar-refractivity contribution in [3.8, 4) is 0 Å². The average Bonchev–Trinajstić information content (AvgIpc) is 2.74. The summed E-state index contributed by atoms with van der Waals surface area (Å²) >= 11 is 0. The van der Waals surface area contributed by atoms with E-state index in [1.54, 1.807) is 5.01 Å². The lowest BCUT2D eigenvalue weighted by Crippen LogP contribution is -2.54. The van der Waals surface area contributed by atoms with E-state index in [1.807, 2.05) is 39.0 Å². The molecular weight excluding hydrogens is 262 g/mol. The Labute approximate surface area is 126 Å². The second kappa shape index (κ2) is 4.95. The Hall–Kier alpha value is -1.68. The summed E-state index contributed by atoms with van der Waals surface area (Å²) in [5.74, 6) is 0.140. The van der Waals surface area contributed by atoms with Gasteiger partial charge in [0, 0.05) is 19.5 Å². The Morgan fingerprint density at radius 1 is 1.29 bits per heavy atom. The van der Waals surface area contributed by atoms with Crippen molar-refractivity contribution >= 4 is 11.6 Å². The first-order chi connectivity index (χ1) is 9.93. The quantitative estimate of drug-likeness (QED) is 0.905. The minimum atomic E-state index is -0.493. The third kappa shape index (κ3) is 2.38. The molecule has 1 amide bonds. The van der Waals surface area contributed by atoms with Gasteiger partial charge in [0.2, 0.25) is 0 Å². The molecule has 1 saturated heterocycles. The number of amides is 1. The zero-order chi connectivity index (χ0) is 15.1. The summed E-state index contributed by atoms with van der Waals surface area (Å²) in [4.78, 5) is 13.1. The molecule has 0 bridgehead atoms. The molecule has 112 valence electrons. The van der Waals surface area contributed by atoms with Crippen LogP contribution in [0.3, 0.4) is 0 Å². The summed E-state index contributed by atoms with van der Waals surface area (Å²) in [7, 11) is 0. The Balaban J connectivity index is 1.98. The predicted octanol–water partition coefficient (Wildman–Crippen LogP) is 2.21. The number of carbonyl (C=O) groups excluding carboxylic acids is 1. The fourth-order valence-electron chi connectivity index (χ4n) is 3.20. The number of nitrogens with one attached hydrogen (secondary N) is 1. The molecule has 3 rings (SSSR count). The standard InChI is InChI=1S/C17H23N3O/c1-16(2,3)20-15(21)17(11-13-7-5-4-6-8-13)12-18-10-9-14(17)19-20/h4-8,18H,9-12H2,1-3H3. The van der Waals surface area contributed by atoms with E-state index in [4.69, 9.17) is 5.10 Å². The summed E-state index contributed by atoms with van der Waals surface area (Å²) in [5.41, 5.74) is 1.47. The molecule has 4 nitrogen and oxygen atoms in total. The molecule has 1 unspecified atom stereocenters. The monoisotopic (exact) mass is 285 g/mol. The van der Waals surface area contributed by atoms with Crippen LogP contribution in [0.2, 0.25) is 0 Å². The normalized spacial score (nSPS) is 25.8. The third-order valence-electron chi connectivity index (χ3n) is 4.32. The van der Waals surface area contributed by atoms with Gasteiger partial charge in [-0.3, -0.25) is 4.79 Å². The molecule has 2 heterocycles. The fourth-order valence-corrected chi connectivity index (χ4v) is 3.20. The lowest BCUT2D eigenvalue weighted by molar-refractivity contribution is -0.140. The van der Waals surface area contributed by atoms with Gasteiger partial charge in [0.1, 0.15) is 5.41 Å². The molecule has 0 aromatic heterocycles. The summed E-state index contributed by atoms with van der Waals surface area (Å²) in [5, 5.41) is 9.78. The summed E-state index contributed by atoms with van der Waals surface area (Å²) in [6, 6.07) is 10.2. The van der Waals surface area contributed by atoms with Gasteiger partial charge in [-0.25, -0.2) is 5.01 Å². The van der Waals surface area contributed by atoms with Gasteiger partial charge >= 0.3 is 0 Å². The van der Waals surface area contributed by atoms with Gasteiger partial charge in [-0.1, -0.05) is 30.3 Å². The van der Waals surface area contributed by atoms with Crippen molar-refractivity contribution in [2.75, 3.05) is 13.1 Å². The van der Waals surface area contributed by atoms with Crippen molar-refractivity contribution in [2.24, 2.45) is 10.5 Å². The average molecular weight is 285 g/mol. The van der Waals surface area contributed by atoms with E-state index in [9.17, 15) is 4.79 Å². The second-order valence-corrected chi connectivity index (χ2v) is 7.01. The van der Waals surface area contributed by atoms with E-state index >= 15 is 0 Å². The molecule has 1 N–H and O–H groups in total. The zero-order valence-corrected chi connectivity index (χ0v) is 13.0. The fraction of sp³-hybridized carbons (Fsp3) is 0.529. The van der Waals surface area contributed by atoms with Crippen LogP contribution in [-0.2, 0) is 11.2 Å². The van der Waals surface area contributed by atoms with Crippen LogP contribution < -0.4 is 5.32 Å². The van der Waals surface area contributed by atoms with Crippen LogP contribution in [0.15, 0.2) is 35.4 Å². The van der Waals surface area contributed by atoms with Crippen molar-refractivity contribution in [1.82, 2.24) is 10.3 Å². The van der Waals surface area contributed by atoms with Crippen LogP contribution in [0.1, 0.15) is 32.8 Å². The lowest BCUT2D eigenvalue weighted by Gasteiger charge is -2.35. The minimum absolute atomic E-state index is 0.140. The number of fused-ring (bicyclic) bond motifs is 1. The van der Waals surface area contributed by atoms with E-state index in [2.05, 4.69) is 17.4 Å². The number of piperidine rings is 1. The molecule has 0 radical (unpaired) electrons. The van der Waals surface area contributed by atoms with E-state index in [-0.39, 0.29) is 11.4 Å². The van der Waals surface area contributed by atoms with Crippen LogP contribution in [0.4, 0.5) is 0 Å². The lowest BCUT2D eigenvalue weighted by atomic mass is 9.74. The number of hydrogen-bond donors (Lipinski definition) is 1. The molecule has 2 aliphatic heterocycles. The smallest absolute Gasteiger partial charge is 0.256 e. The molecular formula is C17H23N3O. The highest BCUT2D eigenvalue weighted by atomic mass is 16.2. The Kier molecular flexibility index (Phi) is 3.36. The van der Waals surface area contributed by atoms with Crippen LogP contribution in [-0.4, -0.2) is 35.3 Å². The predicted molar refractivity (Wildman–Crippen MR) is 84.1 cm³/mol. The summed E-state index contributed by atoms with van der Waals surface area (Å²) < 4.78 is 0. The largest absolute Gasteiger partial charge is 0.315 e.